The molecule has 0 bridgehead atoms. The van der Waals surface area contributed by atoms with Gasteiger partial charge in [0, 0.05) is 13.2 Å². The molecule has 1 saturated heterocycles. The van der Waals surface area contributed by atoms with Crippen molar-refractivity contribution in [2.24, 2.45) is 5.92 Å². The summed E-state index contributed by atoms with van der Waals surface area (Å²) in [7, 11) is 0. The number of fused-ring (bicyclic) bond motifs is 2. The van der Waals surface area contributed by atoms with Crippen LogP contribution in [0.25, 0.3) is 33.3 Å². The van der Waals surface area contributed by atoms with Gasteiger partial charge in [0.25, 0.3) is 5.56 Å². The van der Waals surface area contributed by atoms with Crippen LogP contribution < -0.4 is 11.3 Å². The zero-order valence-electron chi connectivity index (χ0n) is 17.0. The molecular formula is C23H24FN5O2. The molecule has 1 fully saturated rings. The maximum Gasteiger partial charge on any atom is 0.261 e. The topological polar surface area (TPSA) is 111 Å². The van der Waals surface area contributed by atoms with Crippen molar-refractivity contribution in [3.63, 3.8) is 0 Å². The molecule has 0 spiro atoms. The number of hydrogen-bond acceptors (Lipinski definition) is 5. The zero-order valence-corrected chi connectivity index (χ0v) is 17.0. The largest absolute Gasteiger partial charge is 0.397 e. The molecule has 0 aliphatic carbocycles. The molecule has 3 heterocycles. The molecule has 0 amide bonds. The second kappa shape index (κ2) is 7.79. The van der Waals surface area contributed by atoms with Crippen molar-refractivity contribution >= 4 is 27.6 Å². The third-order valence-corrected chi connectivity index (χ3v) is 6.18. The van der Waals surface area contributed by atoms with Crippen LogP contribution in [0.5, 0.6) is 0 Å². The lowest BCUT2D eigenvalue weighted by molar-refractivity contribution is 0.127. The van der Waals surface area contributed by atoms with E-state index < -0.39 is 11.4 Å². The number of halogens is 1. The van der Waals surface area contributed by atoms with E-state index in [0.717, 1.165) is 43.6 Å². The highest BCUT2D eigenvalue weighted by Gasteiger charge is 2.20. The number of likely N-dealkylation sites (tertiary alicyclic amines) is 1. The minimum atomic E-state index is -0.490. The number of rotatable bonds is 4. The lowest BCUT2D eigenvalue weighted by Gasteiger charge is -2.31. The number of hydrogen-bond donors (Lipinski definition) is 4. The van der Waals surface area contributed by atoms with Crippen molar-refractivity contribution in [2.45, 2.75) is 19.4 Å². The molecule has 0 unspecified atom stereocenters. The van der Waals surface area contributed by atoms with Crippen molar-refractivity contribution in [1.29, 1.82) is 0 Å². The van der Waals surface area contributed by atoms with Crippen LogP contribution in [0.1, 0.15) is 18.4 Å². The van der Waals surface area contributed by atoms with Gasteiger partial charge in [0.05, 0.1) is 27.6 Å². The average molecular weight is 421 g/mol. The highest BCUT2D eigenvalue weighted by Crippen LogP contribution is 2.30. The fourth-order valence-corrected chi connectivity index (χ4v) is 4.43. The molecule has 2 aromatic carbocycles. The molecular weight excluding hydrogens is 397 g/mol. The first-order chi connectivity index (χ1) is 15.0. The number of nitrogen functional groups attached to an aromatic ring is 1. The normalized spacial score (nSPS) is 15.8. The van der Waals surface area contributed by atoms with Crippen molar-refractivity contribution in [2.75, 3.05) is 25.4 Å². The number of nitrogens with zero attached hydrogens (tertiary/aromatic N) is 2. The van der Waals surface area contributed by atoms with Crippen LogP contribution in [0.3, 0.4) is 0 Å². The van der Waals surface area contributed by atoms with Gasteiger partial charge in [-0.15, -0.1) is 0 Å². The van der Waals surface area contributed by atoms with Crippen LogP contribution in [0.2, 0.25) is 0 Å². The van der Waals surface area contributed by atoms with E-state index in [1.54, 1.807) is 6.07 Å². The summed E-state index contributed by atoms with van der Waals surface area (Å²) in [4.78, 5) is 25.5. The van der Waals surface area contributed by atoms with Gasteiger partial charge in [-0.3, -0.25) is 9.69 Å². The Morgan fingerprint density at radius 1 is 1.16 bits per heavy atom. The van der Waals surface area contributed by atoms with E-state index >= 15 is 0 Å². The Morgan fingerprint density at radius 2 is 1.97 bits per heavy atom. The number of aromatic amines is 2. The van der Waals surface area contributed by atoms with E-state index in [0.29, 0.717) is 22.8 Å². The SMILES string of the molecule is Nc1c(-c2nc3ccc(CN4CCC(CO)CC4)cc3[nH]2)c(=O)[nH]c2cccc(F)c12. The first kappa shape index (κ1) is 19.7. The van der Waals surface area contributed by atoms with Gasteiger partial charge in [0.15, 0.2) is 0 Å². The van der Waals surface area contributed by atoms with E-state index in [1.807, 2.05) is 18.2 Å². The van der Waals surface area contributed by atoms with E-state index in [9.17, 15) is 14.3 Å². The standard InChI is InChI=1S/C23H24FN5O2/c24-15-2-1-3-17-19(15)21(25)20(23(31)28-17)22-26-16-5-4-14(10-18(16)27-22)11-29-8-6-13(12-30)7-9-29/h1-5,10,13,30H,6-9,11-12H2,(H,26,27)(H3,25,28,31). The zero-order chi connectivity index (χ0) is 21.5. The van der Waals surface area contributed by atoms with Gasteiger partial charge < -0.3 is 20.8 Å². The average Bonchev–Trinajstić information content (AvgIpc) is 3.17. The van der Waals surface area contributed by atoms with Crippen molar-refractivity contribution < 1.29 is 9.50 Å². The van der Waals surface area contributed by atoms with E-state index in [-0.39, 0.29) is 23.2 Å². The van der Waals surface area contributed by atoms with Crippen LogP contribution >= 0.6 is 0 Å². The summed E-state index contributed by atoms with van der Waals surface area (Å²) in [6.45, 7) is 3.00. The molecule has 0 radical (unpaired) electrons. The maximum absolute atomic E-state index is 14.4. The van der Waals surface area contributed by atoms with E-state index in [4.69, 9.17) is 5.73 Å². The summed E-state index contributed by atoms with van der Waals surface area (Å²) >= 11 is 0. The first-order valence-corrected chi connectivity index (χ1v) is 10.5. The van der Waals surface area contributed by atoms with Crippen molar-refractivity contribution in [3.8, 4) is 11.4 Å². The number of pyridine rings is 1. The minimum absolute atomic E-state index is 0.0721. The summed E-state index contributed by atoms with van der Waals surface area (Å²) in [5.41, 5.74) is 9.00. The number of imidazole rings is 1. The number of piperidine rings is 1. The van der Waals surface area contributed by atoms with Crippen LogP contribution in [0.4, 0.5) is 10.1 Å². The molecule has 160 valence electrons. The third-order valence-electron chi connectivity index (χ3n) is 6.18. The van der Waals surface area contributed by atoms with Gasteiger partial charge in [-0.25, -0.2) is 9.37 Å². The molecule has 0 atom stereocenters. The van der Waals surface area contributed by atoms with Gasteiger partial charge in [-0.05, 0) is 61.7 Å². The fraction of sp³-hybridized carbons (Fsp3) is 0.304. The Morgan fingerprint density at radius 3 is 2.74 bits per heavy atom. The monoisotopic (exact) mass is 421 g/mol. The van der Waals surface area contributed by atoms with Crippen LogP contribution in [-0.4, -0.2) is 44.7 Å². The molecule has 4 aromatic rings. The number of nitrogens with two attached hydrogens (primary N) is 1. The van der Waals surface area contributed by atoms with Gasteiger partial charge in [-0.2, -0.15) is 0 Å². The minimum Gasteiger partial charge on any atom is -0.397 e. The quantitative estimate of drug-likeness (QED) is 0.405. The Bertz CT molecular complexity index is 1320. The number of aliphatic hydroxyl groups excluding tert-OH is 1. The molecule has 1 aliphatic heterocycles. The maximum atomic E-state index is 14.4. The Hall–Kier alpha value is -3.23. The highest BCUT2D eigenvalue weighted by molar-refractivity contribution is 5.98. The lowest BCUT2D eigenvalue weighted by Crippen LogP contribution is -2.34. The van der Waals surface area contributed by atoms with Gasteiger partial charge in [0.1, 0.15) is 17.2 Å². The Kier molecular flexibility index (Phi) is 4.95. The van der Waals surface area contributed by atoms with Gasteiger partial charge in [0.2, 0.25) is 0 Å². The molecule has 0 saturated carbocycles. The van der Waals surface area contributed by atoms with Gasteiger partial charge in [-0.1, -0.05) is 12.1 Å². The molecule has 31 heavy (non-hydrogen) atoms. The number of benzene rings is 2. The molecule has 5 N–H and O–H groups in total. The smallest absolute Gasteiger partial charge is 0.261 e. The molecule has 5 rings (SSSR count). The van der Waals surface area contributed by atoms with Crippen molar-refractivity contribution in [1.82, 2.24) is 19.9 Å². The molecule has 2 aromatic heterocycles. The number of anilines is 1. The van der Waals surface area contributed by atoms with Crippen LogP contribution in [-0.2, 0) is 6.54 Å². The predicted molar refractivity (Wildman–Crippen MR) is 119 cm³/mol. The second-order valence-electron chi connectivity index (χ2n) is 8.24. The summed E-state index contributed by atoms with van der Waals surface area (Å²) in [5, 5.41) is 9.50. The van der Waals surface area contributed by atoms with Gasteiger partial charge >= 0.3 is 0 Å². The number of H-pyrrole nitrogens is 2. The fourth-order valence-electron chi connectivity index (χ4n) is 4.43. The number of nitrogens with one attached hydrogen (secondary N) is 2. The van der Waals surface area contributed by atoms with Crippen LogP contribution in [0, 0.1) is 11.7 Å². The summed E-state index contributed by atoms with van der Waals surface area (Å²) in [6, 6.07) is 10.4. The van der Waals surface area contributed by atoms with E-state index in [1.165, 1.54) is 12.1 Å². The first-order valence-electron chi connectivity index (χ1n) is 10.5. The number of aliphatic hydroxyl groups is 1. The second-order valence-corrected chi connectivity index (χ2v) is 8.24. The summed E-state index contributed by atoms with van der Waals surface area (Å²) in [5.74, 6) is 0.236. The molecule has 1 aliphatic rings. The molecule has 8 heteroatoms. The third kappa shape index (κ3) is 3.58. The Balaban J connectivity index is 1.48. The predicted octanol–water partition coefficient (Wildman–Crippen LogP) is 3.00. The summed E-state index contributed by atoms with van der Waals surface area (Å²) < 4.78 is 14.4. The summed E-state index contributed by atoms with van der Waals surface area (Å²) in [6.07, 6.45) is 2.01. The van der Waals surface area contributed by atoms with Crippen LogP contribution in [0.15, 0.2) is 41.2 Å². The molecule has 7 nitrogen and oxygen atoms in total. The van der Waals surface area contributed by atoms with Crippen molar-refractivity contribution in [3.05, 3.63) is 58.1 Å². The lowest BCUT2D eigenvalue weighted by atomic mass is 9.97. The van der Waals surface area contributed by atoms with E-state index in [2.05, 4.69) is 19.9 Å². The number of aromatic nitrogens is 3. The Labute approximate surface area is 177 Å². The highest BCUT2D eigenvalue weighted by atomic mass is 19.1.